The maximum atomic E-state index is 12.6. The van der Waals surface area contributed by atoms with Gasteiger partial charge in [0.1, 0.15) is 5.38 Å². The van der Waals surface area contributed by atoms with Crippen LogP contribution >= 0.6 is 11.6 Å². The van der Waals surface area contributed by atoms with E-state index in [1.807, 2.05) is 44.2 Å². The molecule has 0 aliphatic carbocycles. The fourth-order valence-corrected chi connectivity index (χ4v) is 2.83. The lowest BCUT2D eigenvalue weighted by Gasteiger charge is -2.09. The molecule has 0 fully saturated rings. The highest BCUT2D eigenvalue weighted by Gasteiger charge is 2.16. The summed E-state index contributed by atoms with van der Waals surface area (Å²) in [4.78, 5) is 24.3. The Bertz CT molecular complexity index is 995. The van der Waals surface area contributed by atoms with Gasteiger partial charge >= 0.3 is 0 Å². The molecular formula is C21H21ClN4O2. The van der Waals surface area contributed by atoms with Crippen LogP contribution in [0, 0.1) is 13.8 Å². The van der Waals surface area contributed by atoms with Crippen molar-refractivity contribution in [2.75, 3.05) is 10.6 Å². The number of aryl methyl sites for hydroxylation is 1. The molecule has 1 atom stereocenters. The highest BCUT2D eigenvalue weighted by atomic mass is 35.5. The van der Waals surface area contributed by atoms with Gasteiger partial charge in [-0.3, -0.25) is 9.59 Å². The number of para-hydroxylation sites is 1. The predicted molar refractivity (Wildman–Crippen MR) is 111 cm³/mol. The summed E-state index contributed by atoms with van der Waals surface area (Å²) >= 11 is 5.74. The number of alkyl halides is 1. The van der Waals surface area contributed by atoms with E-state index in [2.05, 4.69) is 15.7 Å². The Kier molecular flexibility index (Phi) is 5.80. The number of benzene rings is 2. The molecule has 0 aliphatic heterocycles. The van der Waals surface area contributed by atoms with Crippen molar-refractivity contribution in [2.45, 2.75) is 26.1 Å². The first-order chi connectivity index (χ1) is 13.4. The lowest BCUT2D eigenvalue weighted by molar-refractivity contribution is -0.115. The number of hydrogen-bond donors (Lipinski definition) is 2. The molecule has 0 saturated carbocycles. The third kappa shape index (κ3) is 4.23. The van der Waals surface area contributed by atoms with E-state index in [-0.39, 0.29) is 11.8 Å². The van der Waals surface area contributed by atoms with E-state index in [1.165, 1.54) is 0 Å². The van der Waals surface area contributed by atoms with Crippen LogP contribution in [0.5, 0.6) is 0 Å². The van der Waals surface area contributed by atoms with Crippen LogP contribution in [0.1, 0.15) is 28.7 Å². The molecule has 2 N–H and O–H groups in total. The second kappa shape index (κ2) is 8.27. The van der Waals surface area contributed by atoms with E-state index in [9.17, 15) is 9.59 Å². The first-order valence-corrected chi connectivity index (χ1v) is 9.28. The van der Waals surface area contributed by atoms with Crippen molar-refractivity contribution in [3.63, 3.8) is 0 Å². The van der Waals surface area contributed by atoms with E-state index in [0.29, 0.717) is 16.9 Å². The van der Waals surface area contributed by atoms with Crippen LogP contribution in [0.3, 0.4) is 0 Å². The van der Waals surface area contributed by atoms with Gasteiger partial charge in [-0.2, -0.15) is 5.10 Å². The van der Waals surface area contributed by atoms with Crippen LogP contribution in [0.25, 0.3) is 5.69 Å². The summed E-state index contributed by atoms with van der Waals surface area (Å²) in [6, 6.07) is 16.4. The zero-order valence-corrected chi connectivity index (χ0v) is 16.6. The molecule has 0 saturated heterocycles. The van der Waals surface area contributed by atoms with E-state index in [0.717, 1.165) is 17.1 Å². The summed E-state index contributed by atoms with van der Waals surface area (Å²) in [6.45, 7) is 5.36. The van der Waals surface area contributed by atoms with Gasteiger partial charge in [0.2, 0.25) is 5.91 Å². The average Bonchev–Trinajstić information content (AvgIpc) is 2.97. The number of aromatic nitrogens is 2. The molecule has 2 amide bonds. The number of carbonyl (C=O) groups is 2. The Morgan fingerprint density at radius 3 is 2.25 bits per heavy atom. The molecule has 6 nitrogen and oxygen atoms in total. The van der Waals surface area contributed by atoms with E-state index in [1.54, 1.807) is 35.9 Å². The van der Waals surface area contributed by atoms with Crippen molar-refractivity contribution < 1.29 is 9.59 Å². The molecule has 144 valence electrons. The lowest BCUT2D eigenvalue weighted by Crippen LogP contribution is -2.20. The Hall–Kier alpha value is -3.12. The molecule has 0 spiro atoms. The number of carbonyl (C=O) groups excluding carboxylic acids is 2. The van der Waals surface area contributed by atoms with Crippen molar-refractivity contribution >= 4 is 34.8 Å². The minimum absolute atomic E-state index is 0.248. The summed E-state index contributed by atoms with van der Waals surface area (Å²) in [5, 5.41) is 9.52. The highest BCUT2D eigenvalue weighted by molar-refractivity contribution is 6.32. The zero-order chi connectivity index (χ0) is 20.3. The molecule has 1 aromatic heterocycles. The minimum Gasteiger partial charge on any atom is -0.325 e. The smallest absolute Gasteiger partial charge is 0.255 e. The normalized spacial score (nSPS) is 11.7. The van der Waals surface area contributed by atoms with Crippen molar-refractivity contribution in [1.82, 2.24) is 9.78 Å². The minimum atomic E-state index is -0.630. The Morgan fingerprint density at radius 1 is 1.00 bits per heavy atom. The number of hydrogen-bond acceptors (Lipinski definition) is 3. The molecule has 28 heavy (non-hydrogen) atoms. The highest BCUT2D eigenvalue weighted by Crippen LogP contribution is 2.23. The monoisotopic (exact) mass is 396 g/mol. The van der Waals surface area contributed by atoms with Crippen LogP contribution in [0.2, 0.25) is 0 Å². The topological polar surface area (TPSA) is 76.0 Å². The van der Waals surface area contributed by atoms with E-state index < -0.39 is 5.38 Å². The molecule has 0 aliphatic rings. The first kappa shape index (κ1) is 19.6. The molecule has 0 unspecified atom stereocenters. The van der Waals surface area contributed by atoms with Crippen molar-refractivity contribution in [1.29, 1.82) is 0 Å². The van der Waals surface area contributed by atoms with Gasteiger partial charge in [-0.15, -0.1) is 11.6 Å². The molecule has 2 aromatic carbocycles. The number of nitrogens with zero attached hydrogens (tertiary/aromatic N) is 2. The Labute approximate surface area is 168 Å². The van der Waals surface area contributed by atoms with Gasteiger partial charge in [0.15, 0.2) is 0 Å². The summed E-state index contributed by atoms with van der Waals surface area (Å²) in [7, 11) is 0. The summed E-state index contributed by atoms with van der Waals surface area (Å²) in [6.07, 6.45) is 0. The van der Waals surface area contributed by atoms with Gasteiger partial charge in [0.05, 0.1) is 22.8 Å². The Balaban J connectivity index is 1.76. The van der Waals surface area contributed by atoms with Gasteiger partial charge in [0.25, 0.3) is 5.91 Å². The molecule has 0 radical (unpaired) electrons. The van der Waals surface area contributed by atoms with E-state index in [4.69, 9.17) is 11.6 Å². The fraction of sp³-hybridized carbons (Fsp3) is 0.190. The third-order valence-corrected chi connectivity index (χ3v) is 4.50. The third-order valence-electron chi connectivity index (χ3n) is 4.31. The molecule has 3 rings (SSSR count). The SMILES string of the molecule is Cc1nn(-c2ccccc2)c(C)c1NC(=O)c1ccc(NC(=O)[C@H](C)Cl)cc1. The number of anilines is 2. The lowest BCUT2D eigenvalue weighted by atomic mass is 10.2. The molecule has 1 heterocycles. The van der Waals surface area contributed by atoms with Crippen molar-refractivity contribution in [2.24, 2.45) is 0 Å². The number of amides is 2. The molecule has 3 aromatic rings. The number of rotatable bonds is 5. The van der Waals surface area contributed by atoms with Crippen LogP contribution in [0.15, 0.2) is 54.6 Å². The number of halogens is 1. The molecule has 7 heteroatoms. The van der Waals surface area contributed by atoms with Gasteiger partial charge in [-0.05, 0) is 57.2 Å². The van der Waals surface area contributed by atoms with Gasteiger partial charge < -0.3 is 10.6 Å². The molecule has 0 bridgehead atoms. The molecular weight excluding hydrogens is 376 g/mol. The predicted octanol–water partition coefficient (Wildman–Crippen LogP) is 4.31. The largest absolute Gasteiger partial charge is 0.325 e. The van der Waals surface area contributed by atoms with E-state index >= 15 is 0 Å². The van der Waals surface area contributed by atoms with Crippen LogP contribution in [-0.2, 0) is 4.79 Å². The summed E-state index contributed by atoms with van der Waals surface area (Å²) < 4.78 is 1.80. The Morgan fingerprint density at radius 2 is 1.64 bits per heavy atom. The van der Waals surface area contributed by atoms with Gasteiger partial charge in [0, 0.05) is 11.3 Å². The van der Waals surface area contributed by atoms with Crippen LogP contribution in [0.4, 0.5) is 11.4 Å². The van der Waals surface area contributed by atoms with Crippen LogP contribution < -0.4 is 10.6 Å². The van der Waals surface area contributed by atoms with Gasteiger partial charge in [-0.1, -0.05) is 18.2 Å². The second-order valence-electron chi connectivity index (χ2n) is 6.43. The zero-order valence-electron chi connectivity index (χ0n) is 15.9. The maximum absolute atomic E-state index is 12.6. The second-order valence-corrected chi connectivity index (χ2v) is 7.08. The summed E-state index contributed by atoms with van der Waals surface area (Å²) in [5.41, 5.74) is 4.24. The first-order valence-electron chi connectivity index (χ1n) is 8.85. The number of nitrogens with one attached hydrogen (secondary N) is 2. The fourth-order valence-electron chi connectivity index (χ4n) is 2.78. The van der Waals surface area contributed by atoms with Gasteiger partial charge in [-0.25, -0.2) is 4.68 Å². The standard InChI is InChI=1S/C21H21ClN4O2/c1-13(22)20(27)23-17-11-9-16(10-12-17)21(28)24-19-14(2)25-26(15(19)3)18-7-5-4-6-8-18/h4-13H,1-3H3,(H,23,27)(H,24,28)/t13-/m0/s1. The van der Waals surface area contributed by atoms with Crippen molar-refractivity contribution in [3.05, 3.63) is 71.5 Å². The quantitative estimate of drug-likeness (QED) is 0.631. The van der Waals surface area contributed by atoms with Crippen LogP contribution in [-0.4, -0.2) is 27.0 Å². The maximum Gasteiger partial charge on any atom is 0.255 e. The average molecular weight is 397 g/mol. The summed E-state index contributed by atoms with van der Waals surface area (Å²) in [5.74, 6) is -0.541. The van der Waals surface area contributed by atoms with Crippen molar-refractivity contribution in [3.8, 4) is 5.69 Å².